The zero-order valence-corrected chi connectivity index (χ0v) is 20.2. The zero-order chi connectivity index (χ0) is 25.6. The maximum atomic E-state index is 13.8. The Morgan fingerprint density at radius 3 is 2.76 bits per heavy atom. The average molecular weight is 514 g/mol. The summed E-state index contributed by atoms with van der Waals surface area (Å²) in [4.78, 5) is 3.94. The molecule has 12 heteroatoms. The predicted octanol–water partition coefficient (Wildman–Crippen LogP) is 3.16. The molecule has 194 valence electrons. The average Bonchev–Trinajstić information content (AvgIpc) is 3.61. The van der Waals surface area contributed by atoms with Gasteiger partial charge in [-0.25, -0.2) is 4.98 Å². The SMILES string of the molecule is Cn1cnnc1CC1(c2cccc(-c3n[nH]c4c(CNC5CCOC5)nc(C(F)(F)F)cc34)c2)COC1. The number of hydrogen-bond acceptors (Lipinski definition) is 7. The van der Waals surface area contributed by atoms with Crippen molar-refractivity contribution in [2.75, 3.05) is 26.4 Å². The van der Waals surface area contributed by atoms with Crippen molar-refractivity contribution in [3.05, 3.63) is 59.4 Å². The van der Waals surface area contributed by atoms with Crippen LogP contribution in [-0.4, -0.2) is 62.4 Å². The van der Waals surface area contributed by atoms with E-state index in [1.54, 1.807) is 6.33 Å². The molecule has 6 rings (SSSR count). The van der Waals surface area contributed by atoms with Crippen LogP contribution in [0.1, 0.15) is 29.2 Å². The molecule has 1 aromatic carbocycles. The Bertz CT molecular complexity index is 1420. The maximum absolute atomic E-state index is 13.8. The molecule has 4 aromatic rings. The monoisotopic (exact) mass is 513 g/mol. The summed E-state index contributed by atoms with van der Waals surface area (Å²) in [6.07, 6.45) is -1.48. The van der Waals surface area contributed by atoms with Crippen LogP contribution in [0.2, 0.25) is 0 Å². The molecule has 0 aliphatic carbocycles. The van der Waals surface area contributed by atoms with Crippen LogP contribution in [0.15, 0.2) is 36.7 Å². The van der Waals surface area contributed by atoms with E-state index >= 15 is 0 Å². The van der Waals surface area contributed by atoms with Crippen LogP contribution in [0.25, 0.3) is 22.2 Å². The van der Waals surface area contributed by atoms with Crippen LogP contribution in [0.3, 0.4) is 0 Å². The standard InChI is InChI=1S/C25H26F3N7O2/c1-35-14-30-32-21(35)9-24(12-37-13-24)16-4-2-3-15(7-16)22-18-8-20(25(26,27)28)31-19(23(18)34-33-22)10-29-17-5-6-36-11-17/h2-4,7-8,14,17,29H,5-6,9-13H2,1H3,(H,33,34). The molecule has 37 heavy (non-hydrogen) atoms. The summed E-state index contributed by atoms with van der Waals surface area (Å²) >= 11 is 0. The van der Waals surface area contributed by atoms with Crippen molar-refractivity contribution in [2.24, 2.45) is 7.05 Å². The topological polar surface area (TPSA) is 103 Å². The Labute approximate surface area is 210 Å². The number of nitrogens with zero attached hydrogens (tertiary/aromatic N) is 5. The van der Waals surface area contributed by atoms with Crippen LogP contribution in [0.5, 0.6) is 0 Å². The van der Waals surface area contributed by atoms with E-state index in [1.807, 2.05) is 35.9 Å². The summed E-state index contributed by atoms with van der Waals surface area (Å²) in [7, 11) is 1.90. The lowest BCUT2D eigenvalue weighted by Gasteiger charge is -2.41. The molecule has 2 N–H and O–H groups in total. The van der Waals surface area contributed by atoms with Gasteiger partial charge in [0.05, 0.1) is 31.0 Å². The number of aryl methyl sites for hydroxylation is 1. The molecule has 1 atom stereocenters. The normalized spacial score (nSPS) is 19.4. The molecule has 5 heterocycles. The molecule has 2 aliphatic heterocycles. The largest absolute Gasteiger partial charge is 0.433 e. The van der Waals surface area contributed by atoms with Gasteiger partial charge in [0.25, 0.3) is 0 Å². The summed E-state index contributed by atoms with van der Waals surface area (Å²) in [5, 5.41) is 19.2. The number of ether oxygens (including phenoxy) is 2. The second-order valence-electron chi connectivity index (χ2n) is 9.78. The third kappa shape index (κ3) is 4.49. The van der Waals surface area contributed by atoms with Crippen molar-refractivity contribution in [3.63, 3.8) is 0 Å². The van der Waals surface area contributed by atoms with Gasteiger partial charge < -0.3 is 19.4 Å². The van der Waals surface area contributed by atoms with E-state index in [-0.39, 0.29) is 23.7 Å². The van der Waals surface area contributed by atoms with Crippen LogP contribution in [0.4, 0.5) is 13.2 Å². The number of halogens is 3. The maximum Gasteiger partial charge on any atom is 0.433 e. The molecule has 0 radical (unpaired) electrons. The molecule has 0 amide bonds. The first-order chi connectivity index (χ1) is 17.8. The first-order valence-electron chi connectivity index (χ1n) is 12.1. The lowest BCUT2D eigenvalue weighted by Crippen LogP contribution is -2.49. The molecule has 2 fully saturated rings. The van der Waals surface area contributed by atoms with Gasteiger partial charge in [-0.15, -0.1) is 10.2 Å². The van der Waals surface area contributed by atoms with E-state index in [0.29, 0.717) is 49.4 Å². The molecule has 1 unspecified atom stereocenters. The molecule has 2 saturated heterocycles. The summed E-state index contributed by atoms with van der Waals surface area (Å²) in [6.45, 7) is 2.38. The minimum atomic E-state index is -4.58. The summed E-state index contributed by atoms with van der Waals surface area (Å²) in [6, 6.07) is 8.91. The van der Waals surface area contributed by atoms with Crippen LogP contribution in [-0.2, 0) is 41.1 Å². The first-order valence-corrected chi connectivity index (χ1v) is 12.1. The third-order valence-electron chi connectivity index (χ3n) is 7.21. The van der Waals surface area contributed by atoms with Gasteiger partial charge in [0.2, 0.25) is 0 Å². The van der Waals surface area contributed by atoms with E-state index in [9.17, 15) is 13.2 Å². The minimum absolute atomic E-state index is 0.0836. The van der Waals surface area contributed by atoms with Gasteiger partial charge in [-0.1, -0.05) is 18.2 Å². The fraction of sp³-hybridized carbons (Fsp3) is 0.440. The van der Waals surface area contributed by atoms with E-state index in [2.05, 4.69) is 30.7 Å². The van der Waals surface area contributed by atoms with E-state index in [4.69, 9.17) is 9.47 Å². The molecule has 0 bridgehead atoms. The summed E-state index contributed by atoms with van der Waals surface area (Å²) in [5.41, 5.74) is 1.71. The zero-order valence-electron chi connectivity index (χ0n) is 20.2. The lowest BCUT2D eigenvalue weighted by molar-refractivity contribution is -0.141. The second-order valence-corrected chi connectivity index (χ2v) is 9.78. The molecular formula is C25H26F3N7O2. The van der Waals surface area contributed by atoms with E-state index < -0.39 is 11.9 Å². The van der Waals surface area contributed by atoms with E-state index in [0.717, 1.165) is 29.4 Å². The Morgan fingerprint density at radius 2 is 2.08 bits per heavy atom. The quantitative estimate of drug-likeness (QED) is 0.391. The molecular weight excluding hydrogens is 487 g/mol. The number of alkyl halides is 3. The molecule has 0 saturated carbocycles. The Hall–Kier alpha value is -3.35. The van der Waals surface area contributed by atoms with Gasteiger partial charge in [-0.2, -0.15) is 18.3 Å². The van der Waals surface area contributed by atoms with E-state index in [1.165, 1.54) is 0 Å². The number of aromatic nitrogens is 6. The number of benzene rings is 1. The Morgan fingerprint density at radius 1 is 1.22 bits per heavy atom. The molecule has 2 aliphatic rings. The van der Waals surface area contributed by atoms with Crippen LogP contribution < -0.4 is 5.32 Å². The van der Waals surface area contributed by atoms with Crippen molar-refractivity contribution in [1.82, 2.24) is 35.3 Å². The number of H-pyrrole nitrogens is 1. The van der Waals surface area contributed by atoms with Crippen molar-refractivity contribution in [2.45, 2.75) is 37.0 Å². The first kappa shape index (κ1) is 24.0. The highest BCUT2D eigenvalue weighted by atomic mass is 19.4. The number of hydrogen-bond donors (Lipinski definition) is 2. The molecule has 0 spiro atoms. The summed E-state index contributed by atoms with van der Waals surface area (Å²) < 4.78 is 54.2. The number of nitrogens with one attached hydrogen (secondary N) is 2. The fourth-order valence-corrected chi connectivity index (χ4v) is 5.00. The van der Waals surface area contributed by atoms with Crippen molar-refractivity contribution >= 4 is 10.9 Å². The minimum Gasteiger partial charge on any atom is -0.380 e. The van der Waals surface area contributed by atoms with Crippen LogP contribution >= 0.6 is 0 Å². The predicted molar refractivity (Wildman–Crippen MR) is 128 cm³/mol. The Balaban J connectivity index is 1.38. The highest BCUT2D eigenvalue weighted by Gasteiger charge is 2.42. The molecule has 3 aromatic heterocycles. The highest BCUT2D eigenvalue weighted by Crippen LogP contribution is 2.39. The van der Waals surface area contributed by atoms with Gasteiger partial charge >= 0.3 is 6.18 Å². The third-order valence-corrected chi connectivity index (χ3v) is 7.21. The highest BCUT2D eigenvalue weighted by molar-refractivity contribution is 5.94. The van der Waals surface area contributed by atoms with Crippen LogP contribution in [0, 0.1) is 0 Å². The lowest BCUT2D eigenvalue weighted by atomic mass is 9.75. The number of fused-ring (bicyclic) bond motifs is 1. The number of rotatable bonds is 7. The Kier molecular flexibility index (Phi) is 5.97. The molecule has 9 nitrogen and oxygen atoms in total. The number of aromatic amines is 1. The second kappa shape index (κ2) is 9.19. The van der Waals surface area contributed by atoms with Crippen molar-refractivity contribution in [1.29, 1.82) is 0 Å². The number of pyridine rings is 1. The van der Waals surface area contributed by atoms with Gasteiger partial charge in [0, 0.05) is 49.0 Å². The van der Waals surface area contributed by atoms with Gasteiger partial charge in [0.15, 0.2) is 0 Å². The van der Waals surface area contributed by atoms with Crippen molar-refractivity contribution in [3.8, 4) is 11.3 Å². The van der Waals surface area contributed by atoms with Gasteiger partial charge in [-0.3, -0.25) is 5.10 Å². The van der Waals surface area contributed by atoms with Crippen molar-refractivity contribution < 1.29 is 22.6 Å². The smallest absolute Gasteiger partial charge is 0.380 e. The fourth-order valence-electron chi connectivity index (χ4n) is 5.00. The summed E-state index contributed by atoms with van der Waals surface area (Å²) in [5.74, 6) is 0.838. The van der Waals surface area contributed by atoms with Gasteiger partial charge in [0.1, 0.15) is 23.5 Å². The van der Waals surface area contributed by atoms with Gasteiger partial charge in [-0.05, 0) is 24.1 Å².